The summed E-state index contributed by atoms with van der Waals surface area (Å²) < 4.78 is 5.71. The van der Waals surface area contributed by atoms with Crippen LogP contribution in [0.3, 0.4) is 0 Å². The highest BCUT2D eigenvalue weighted by molar-refractivity contribution is 5.86. The van der Waals surface area contributed by atoms with Gasteiger partial charge in [0.25, 0.3) is 0 Å². The summed E-state index contributed by atoms with van der Waals surface area (Å²) in [5, 5.41) is 5.02. The second-order valence-electron chi connectivity index (χ2n) is 7.40. The number of aryl methyl sites for hydroxylation is 3. The summed E-state index contributed by atoms with van der Waals surface area (Å²) in [6.07, 6.45) is 0. The van der Waals surface area contributed by atoms with Crippen molar-refractivity contribution >= 4 is 16.6 Å². The Kier molecular flexibility index (Phi) is 4.82. The van der Waals surface area contributed by atoms with E-state index in [1.54, 1.807) is 7.11 Å². The largest absolute Gasteiger partial charge is 0.496 e. The van der Waals surface area contributed by atoms with Crippen LogP contribution in [0.15, 0.2) is 66.7 Å². The van der Waals surface area contributed by atoms with Crippen molar-refractivity contribution in [3.63, 3.8) is 0 Å². The van der Waals surface area contributed by atoms with Crippen LogP contribution in [0, 0.1) is 20.8 Å². The highest BCUT2D eigenvalue weighted by Crippen LogP contribution is 2.38. The van der Waals surface area contributed by atoms with Crippen molar-refractivity contribution in [2.24, 2.45) is 0 Å². The summed E-state index contributed by atoms with van der Waals surface area (Å²) in [6.45, 7) is 6.40. The third kappa shape index (κ3) is 3.36. The van der Waals surface area contributed by atoms with Gasteiger partial charge in [0.05, 0.1) is 13.2 Å². The molecule has 1 heterocycles. The van der Waals surface area contributed by atoms with Crippen molar-refractivity contribution in [1.82, 2.24) is 4.98 Å². The van der Waals surface area contributed by atoms with E-state index >= 15 is 0 Å². The maximum absolute atomic E-state index is 5.71. The first-order chi connectivity index (χ1) is 13.6. The predicted molar refractivity (Wildman–Crippen MR) is 117 cm³/mol. The number of hydrogen-bond acceptors (Lipinski definition) is 2. The van der Waals surface area contributed by atoms with Gasteiger partial charge in [0, 0.05) is 33.4 Å². The fourth-order valence-electron chi connectivity index (χ4n) is 4.11. The van der Waals surface area contributed by atoms with E-state index in [0.29, 0.717) is 0 Å². The lowest BCUT2D eigenvalue weighted by atomic mass is 9.94. The van der Waals surface area contributed by atoms with Crippen LogP contribution in [-0.4, -0.2) is 12.1 Å². The molecule has 0 saturated carbocycles. The van der Waals surface area contributed by atoms with Crippen LogP contribution < -0.4 is 10.1 Å². The first kappa shape index (κ1) is 18.2. The Hall–Kier alpha value is -3.20. The van der Waals surface area contributed by atoms with Gasteiger partial charge in [0.1, 0.15) is 5.75 Å². The van der Waals surface area contributed by atoms with E-state index in [-0.39, 0.29) is 6.04 Å². The number of rotatable bonds is 5. The molecule has 0 fully saturated rings. The van der Waals surface area contributed by atoms with Gasteiger partial charge >= 0.3 is 0 Å². The van der Waals surface area contributed by atoms with Gasteiger partial charge < -0.3 is 15.0 Å². The third-order valence-electron chi connectivity index (χ3n) is 5.21. The van der Waals surface area contributed by atoms with Crippen molar-refractivity contribution in [3.05, 3.63) is 94.7 Å². The van der Waals surface area contributed by atoms with Crippen LogP contribution in [0.1, 0.15) is 34.0 Å². The number of hydrogen-bond donors (Lipinski definition) is 2. The summed E-state index contributed by atoms with van der Waals surface area (Å²) in [7, 11) is 1.73. The number of fused-ring (bicyclic) bond motifs is 1. The molecule has 1 unspecified atom stereocenters. The minimum absolute atomic E-state index is 0.0338. The minimum Gasteiger partial charge on any atom is -0.496 e. The highest BCUT2D eigenvalue weighted by atomic mass is 16.5. The fraction of sp³-hybridized carbons (Fsp3) is 0.200. The molecule has 0 spiro atoms. The molecule has 3 aromatic carbocycles. The lowest BCUT2D eigenvalue weighted by Crippen LogP contribution is -2.14. The Morgan fingerprint density at radius 1 is 0.857 bits per heavy atom. The van der Waals surface area contributed by atoms with E-state index in [1.807, 2.05) is 12.1 Å². The van der Waals surface area contributed by atoms with Crippen LogP contribution in [0.2, 0.25) is 0 Å². The maximum Gasteiger partial charge on any atom is 0.124 e. The SMILES string of the molecule is COc1ccccc1C(Nc1cc(C)cc(C)c1)c1c(C)[nH]c2ccccc12. The van der Waals surface area contributed by atoms with E-state index in [1.165, 1.54) is 22.1 Å². The molecule has 0 aliphatic heterocycles. The van der Waals surface area contributed by atoms with Crippen molar-refractivity contribution in [1.29, 1.82) is 0 Å². The normalized spacial score (nSPS) is 12.1. The standard InChI is InChI=1S/C25H26N2O/c1-16-13-17(2)15-19(14-16)27-25(21-10-6-8-12-23(21)28-4)24-18(3)26-22-11-7-5-9-20(22)24/h5-15,25-27H,1-4H3. The van der Waals surface area contributed by atoms with Crippen LogP contribution in [0.5, 0.6) is 5.75 Å². The van der Waals surface area contributed by atoms with Gasteiger partial charge in [-0.1, -0.05) is 42.5 Å². The molecule has 2 N–H and O–H groups in total. The lowest BCUT2D eigenvalue weighted by Gasteiger charge is -2.24. The zero-order valence-corrected chi connectivity index (χ0v) is 16.8. The quantitative estimate of drug-likeness (QED) is 0.432. The number of aromatic amines is 1. The number of benzene rings is 3. The smallest absolute Gasteiger partial charge is 0.124 e. The first-order valence-electron chi connectivity index (χ1n) is 9.62. The van der Waals surface area contributed by atoms with Gasteiger partial charge in [0.15, 0.2) is 0 Å². The molecule has 3 nitrogen and oxygen atoms in total. The summed E-state index contributed by atoms with van der Waals surface area (Å²) in [6, 6.07) is 23.3. The van der Waals surface area contributed by atoms with Gasteiger partial charge in [-0.2, -0.15) is 0 Å². The minimum atomic E-state index is -0.0338. The van der Waals surface area contributed by atoms with Crippen molar-refractivity contribution in [2.45, 2.75) is 26.8 Å². The second kappa shape index (κ2) is 7.43. The van der Waals surface area contributed by atoms with Crippen molar-refractivity contribution in [2.75, 3.05) is 12.4 Å². The van der Waals surface area contributed by atoms with Gasteiger partial charge in [0.2, 0.25) is 0 Å². The average Bonchev–Trinajstić information content (AvgIpc) is 3.01. The zero-order chi connectivity index (χ0) is 19.7. The van der Waals surface area contributed by atoms with Gasteiger partial charge in [-0.05, 0) is 56.2 Å². The van der Waals surface area contributed by atoms with Gasteiger partial charge in [-0.25, -0.2) is 0 Å². The van der Waals surface area contributed by atoms with E-state index in [0.717, 1.165) is 28.2 Å². The molecule has 0 aliphatic carbocycles. The van der Waals surface area contributed by atoms with Crippen molar-refractivity contribution < 1.29 is 4.74 Å². The van der Waals surface area contributed by atoms with E-state index in [4.69, 9.17) is 4.74 Å². The molecule has 1 atom stereocenters. The molecule has 4 rings (SSSR count). The molecule has 142 valence electrons. The molecular formula is C25H26N2O. The molecule has 0 radical (unpaired) electrons. The van der Waals surface area contributed by atoms with Gasteiger partial charge in [-0.3, -0.25) is 0 Å². The van der Waals surface area contributed by atoms with E-state index < -0.39 is 0 Å². The molecule has 4 aromatic rings. The van der Waals surface area contributed by atoms with E-state index in [9.17, 15) is 0 Å². The number of anilines is 1. The monoisotopic (exact) mass is 370 g/mol. The summed E-state index contributed by atoms with van der Waals surface area (Å²) >= 11 is 0. The Balaban J connectivity index is 1.92. The van der Waals surface area contributed by atoms with Crippen LogP contribution in [-0.2, 0) is 0 Å². The number of nitrogens with one attached hydrogen (secondary N) is 2. The topological polar surface area (TPSA) is 37.0 Å². The fourth-order valence-corrected chi connectivity index (χ4v) is 4.11. The molecule has 1 aromatic heterocycles. The predicted octanol–water partition coefficient (Wildman–Crippen LogP) is 6.30. The summed E-state index contributed by atoms with van der Waals surface area (Å²) in [5.41, 5.74) is 8.29. The van der Waals surface area contributed by atoms with Crippen LogP contribution >= 0.6 is 0 Å². The Bertz CT molecular complexity index is 1110. The molecule has 3 heteroatoms. The molecular weight excluding hydrogens is 344 g/mol. The maximum atomic E-state index is 5.71. The number of H-pyrrole nitrogens is 1. The molecule has 0 bridgehead atoms. The average molecular weight is 370 g/mol. The summed E-state index contributed by atoms with van der Waals surface area (Å²) in [4.78, 5) is 3.54. The molecule has 28 heavy (non-hydrogen) atoms. The number of ether oxygens (including phenoxy) is 1. The highest BCUT2D eigenvalue weighted by Gasteiger charge is 2.23. The Morgan fingerprint density at radius 2 is 1.54 bits per heavy atom. The molecule has 0 saturated heterocycles. The number of aromatic nitrogens is 1. The lowest BCUT2D eigenvalue weighted by molar-refractivity contribution is 0.408. The molecule has 0 amide bonds. The molecule has 0 aliphatic rings. The first-order valence-corrected chi connectivity index (χ1v) is 9.62. The Morgan fingerprint density at radius 3 is 2.29 bits per heavy atom. The van der Waals surface area contributed by atoms with Crippen LogP contribution in [0.4, 0.5) is 5.69 Å². The van der Waals surface area contributed by atoms with E-state index in [2.05, 4.69) is 85.7 Å². The third-order valence-corrected chi connectivity index (χ3v) is 5.21. The summed E-state index contributed by atoms with van der Waals surface area (Å²) in [5.74, 6) is 0.883. The zero-order valence-electron chi connectivity index (χ0n) is 16.8. The Labute approximate surface area is 166 Å². The number of para-hydroxylation sites is 2. The van der Waals surface area contributed by atoms with Gasteiger partial charge in [-0.15, -0.1) is 0 Å². The number of methoxy groups -OCH3 is 1. The van der Waals surface area contributed by atoms with Crippen LogP contribution in [0.25, 0.3) is 10.9 Å². The second-order valence-corrected chi connectivity index (χ2v) is 7.40. The van der Waals surface area contributed by atoms with Crippen molar-refractivity contribution in [3.8, 4) is 5.75 Å².